The van der Waals surface area contributed by atoms with Crippen LogP contribution in [0.25, 0.3) is 6.08 Å². The van der Waals surface area contributed by atoms with Gasteiger partial charge in [0.2, 0.25) is 15.9 Å². The van der Waals surface area contributed by atoms with Crippen LogP contribution in [-0.4, -0.2) is 31.7 Å². The number of carbonyl (C=O) groups excluding carboxylic acids is 1. The molecule has 0 radical (unpaired) electrons. The molecule has 1 rings (SSSR count). The van der Waals surface area contributed by atoms with E-state index >= 15 is 0 Å². The lowest BCUT2D eigenvalue weighted by molar-refractivity contribution is -0.118. The Balaban J connectivity index is 2.88. The van der Waals surface area contributed by atoms with Gasteiger partial charge in [-0.3, -0.25) is 4.79 Å². The van der Waals surface area contributed by atoms with Crippen LogP contribution in [0, 0.1) is 6.92 Å². The number of nitrogens with zero attached hydrogens (tertiary/aromatic N) is 1. The van der Waals surface area contributed by atoms with Gasteiger partial charge in [-0.05, 0) is 25.0 Å². The van der Waals surface area contributed by atoms with Crippen molar-refractivity contribution in [2.24, 2.45) is 5.73 Å². The fourth-order valence-electron chi connectivity index (χ4n) is 1.73. The van der Waals surface area contributed by atoms with Gasteiger partial charge in [0.15, 0.2) is 0 Å². The number of unbranched alkanes of at least 4 members (excludes halogenated alkanes) is 1. The summed E-state index contributed by atoms with van der Waals surface area (Å²) in [5.41, 5.74) is 7.01. The van der Waals surface area contributed by atoms with E-state index in [9.17, 15) is 13.2 Å². The monoisotopic (exact) mass is 310 g/mol. The number of aryl methyl sites for hydroxylation is 1. The molecule has 5 nitrogen and oxygen atoms in total. The summed E-state index contributed by atoms with van der Waals surface area (Å²) in [6.45, 7) is 3.92. The third-order valence-electron chi connectivity index (χ3n) is 2.96. The number of benzene rings is 1. The lowest BCUT2D eigenvalue weighted by atomic mass is 10.2. The average Bonchev–Trinajstić information content (AvgIpc) is 2.42. The minimum Gasteiger partial charge on any atom is -0.369 e. The highest BCUT2D eigenvalue weighted by atomic mass is 32.2. The van der Waals surface area contributed by atoms with E-state index in [1.165, 1.54) is 6.08 Å². The van der Waals surface area contributed by atoms with Crippen LogP contribution in [0.4, 0.5) is 0 Å². The summed E-state index contributed by atoms with van der Waals surface area (Å²) in [4.78, 5) is 11.0. The van der Waals surface area contributed by atoms with Crippen LogP contribution < -0.4 is 5.73 Å². The molecule has 0 saturated heterocycles. The van der Waals surface area contributed by atoms with E-state index in [0.29, 0.717) is 13.0 Å². The van der Waals surface area contributed by atoms with E-state index < -0.39 is 15.9 Å². The van der Waals surface area contributed by atoms with Gasteiger partial charge in [-0.25, -0.2) is 8.42 Å². The normalized spacial score (nSPS) is 12.1. The number of amides is 1. The zero-order valence-corrected chi connectivity index (χ0v) is 13.3. The lowest BCUT2D eigenvalue weighted by Gasteiger charge is -2.18. The molecular weight excluding hydrogens is 288 g/mol. The van der Waals surface area contributed by atoms with Crippen molar-refractivity contribution in [3.05, 3.63) is 40.8 Å². The van der Waals surface area contributed by atoms with Gasteiger partial charge in [-0.15, -0.1) is 0 Å². The molecule has 0 aliphatic rings. The van der Waals surface area contributed by atoms with Crippen molar-refractivity contribution in [2.75, 3.05) is 13.1 Å². The molecule has 0 aliphatic carbocycles. The molecule has 0 aromatic heterocycles. The molecule has 0 atom stereocenters. The summed E-state index contributed by atoms with van der Waals surface area (Å²) in [6.07, 6.45) is 3.05. The summed E-state index contributed by atoms with van der Waals surface area (Å²) in [5.74, 6) is -0.654. The Labute approximate surface area is 126 Å². The molecule has 0 bridgehead atoms. The highest BCUT2D eigenvalue weighted by Gasteiger charge is 2.20. The summed E-state index contributed by atoms with van der Waals surface area (Å²) in [6, 6.07) is 7.49. The Kier molecular flexibility index (Phi) is 6.58. The summed E-state index contributed by atoms with van der Waals surface area (Å²) < 4.78 is 25.6. The lowest BCUT2D eigenvalue weighted by Crippen LogP contribution is -2.38. The molecule has 0 saturated carbocycles. The first-order valence-corrected chi connectivity index (χ1v) is 8.38. The smallest absolute Gasteiger partial charge is 0.236 e. The Morgan fingerprint density at radius 3 is 2.43 bits per heavy atom. The van der Waals surface area contributed by atoms with Gasteiger partial charge in [-0.1, -0.05) is 43.2 Å². The Bertz CT molecular complexity index is 592. The number of primary amides is 1. The van der Waals surface area contributed by atoms with E-state index in [-0.39, 0.29) is 6.54 Å². The van der Waals surface area contributed by atoms with Crippen molar-refractivity contribution >= 4 is 22.0 Å². The first kappa shape index (κ1) is 17.4. The van der Waals surface area contributed by atoms with Gasteiger partial charge in [0.25, 0.3) is 0 Å². The molecule has 1 aromatic carbocycles. The molecule has 1 amide bonds. The number of hydrogen-bond acceptors (Lipinski definition) is 3. The molecule has 0 heterocycles. The minimum atomic E-state index is -3.65. The maximum Gasteiger partial charge on any atom is 0.236 e. The maximum absolute atomic E-state index is 12.2. The number of nitrogens with two attached hydrogens (primary N) is 1. The molecule has 0 aliphatic heterocycles. The van der Waals surface area contributed by atoms with Crippen molar-refractivity contribution < 1.29 is 13.2 Å². The van der Waals surface area contributed by atoms with Crippen LogP contribution in [0.1, 0.15) is 30.9 Å². The summed E-state index contributed by atoms with van der Waals surface area (Å²) in [7, 11) is -3.65. The molecule has 1 aromatic rings. The zero-order valence-electron chi connectivity index (χ0n) is 12.5. The fourth-order valence-corrected chi connectivity index (χ4v) is 2.92. The number of carbonyl (C=O) groups is 1. The highest BCUT2D eigenvalue weighted by Crippen LogP contribution is 2.10. The minimum absolute atomic E-state index is 0.291. The molecule has 0 unspecified atom stereocenters. The number of sulfonamides is 1. The van der Waals surface area contributed by atoms with Crippen LogP contribution in [0.3, 0.4) is 0 Å². The molecule has 0 spiro atoms. The topological polar surface area (TPSA) is 80.5 Å². The second-order valence-corrected chi connectivity index (χ2v) is 6.73. The quantitative estimate of drug-likeness (QED) is 0.796. The molecule has 6 heteroatoms. The van der Waals surface area contributed by atoms with Crippen LogP contribution >= 0.6 is 0 Å². The van der Waals surface area contributed by atoms with Crippen molar-refractivity contribution in [1.82, 2.24) is 4.31 Å². The summed E-state index contributed by atoms with van der Waals surface area (Å²) >= 11 is 0. The van der Waals surface area contributed by atoms with Gasteiger partial charge in [0.05, 0.1) is 6.54 Å². The largest absolute Gasteiger partial charge is 0.369 e. The second kappa shape index (κ2) is 7.95. The van der Waals surface area contributed by atoms with E-state index in [0.717, 1.165) is 27.3 Å². The highest BCUT2D eigenvalue weighted by molar-refractivity contribution is 7.92. The molecule has 116 valence electrons. The third kappa shape index (κ3) is 6.10. The van der Waals surface area contributed by atoms with Gasteiger partial charge in [0, 0.05) is 12.0 Å². The summed E-state index contributed by atoms with van der Waals surface area (Å²) in [5, 5.41) is 1.12. The van der Waals surface area contributed by atoms with Gasteiger partial charge in [-0.2, -0.15) is 4.31 Å². The van der Waals surface area contributed by atoms with Crippen LogP contribution in [0.2, 0.25) is 0 Å². The molecule has 21 heavy (non-hydrogen) atoms. The van der Waals surface area contributed by atoms with Crippen molar-refractivity contribution in [3.8, 4) is 0 Å². The van der Waals surface area contributed by atoms with Gasteiger partial charge < -0.3 is 5.73 Å². The Morgan fingerprint density at radius 2 is 1.90 bits per heavy atom. The number of hydrogen-bond donors (Lipinski definition) is 1. The van der Waals surface area contributed by atoms with E-state index in [4.69, 9.17) is 5.73 Å². The second-order valence-electron chi connectivity index (χ2n) is 4.91. The van der Waals surface area contributed by atoms with E-state index in [1.54, 1.807) is 0 Å². The molecule has 2 N–H and O–H groups in total. The van der Waals surface area contributed by atoms with Gasteiger partial charge in [0.1, 0.15) is 0 Å². The van der Waals surface area contributed by atoms with E-state index in [2.05, 4.69) is 0 Å². The van der Waals surface area contributed by atoms with Crippen LogP contribution in [0.15, 0.2) is 29.7 Å². The average molecular weight is 310 g/mol. The number of rotatable bonds is 8. The van der Waals surface area contributed by atoms with Crippen molar-refractivity contribution in [2.45, 2.75) is 26.7 Å². The molecular formula is C15H22N2O3S. The first-order chi connectivity index (χ1) is 9.85. The molecule has 0 fully saturated rings. The van der Waals surface area contributed by atoms with Crippen molar-refractivity contribution in [1.29, 1.82) is 0 Å². The van der Waals surface area contributed by atoms with E-state index in [1.807, 2.05) is 38.1 Å². The maximum atomic E-state index is 12.2. The Hall–Kier alpha value is -1.66. The fraction of sp³-hybridized carbons (Fsp3) is 0.400. The SMILES string of the molecule is CCCCN(CC(N)=O)S(=O)(=O)C=Cc1ccc(C)cc1. The van der Waals surface area contributed by atoms with Gasteiger partial charge >= 0.3 is 0 Å². The first-order valence-electron chi connectivity index (χ1n) is 6.88. The predicted octanol–water partition coefficient (Wildman–Crippen LogP) is 1.88. The standard InChI is InChI=1S/C15H22N2O3S/c1-3-4-10-17(12-15(16)18)21(19,20)11-9-14-7-5-13(2)6-8-14/h5-9,11H,3-4,10,12H2,1-2H3,(H2,16,18). The Morgan fingerprint density at radius 1 is 1.29 bits per heavy atom. The van der Waals surface area contributed by atoms with Crippen LogP contribution in [-0.2, 0) is 14.8 Å². The predicted molar refractivity (Wildman–Crippen MR) is 84.8 cm³/mol. The third-order valence-corrected chi connectivity index (χ3v) is 4.47. The zero-order chi connectivity index (χ0) is 15.9. The van der Waals surface area contributed by atoms with Crippen LogP contribution in [0.5, 0.6) is 0 Å². The van der Waals surface area contributed by atoms with Crippen molar-refractivity contribution in [3.63, 3.8) is 0 Å².